The normalized spacial score (nSPS) is 25.7. The predicted octanol–water partition coefficient (Wildman–Crippen LogP) is 5.81. The van der Waals surface area contributed by atoms with Crippen LogP contribution in [-0.4, -0.2) is 12.4 Å². The monoisotopic (exact) mass is 355 g/mol. The lowest BCUT2D eigenvalue weighted by atomic mass is 9.72. The van der Waals surface area contributed by atoms with Crippen molar-refractivity contribution in [1.29, 1.82) is 0 Å². The second-order valence-corrected chi connectivity index (χ2v) is 7.58. The number of alkyl halides is 3. The van der Waals surface area contributed by atoms with Gasteiger partial charge in [0.25, 0.3) is 0 Å². The summed E-state index contributed by atoms with van der Waals surface area (Å²) in [5, 5.41) is 3.57. The zero-order valence-corrected chi connectivity index (χ0v) is 14.7. The van der Waals surface area contributed by atoms with E-state index in [0.717, 1.165) is 17.4 Å². The molecule has 3 rings (SSSR count). The van der Waals surface area contributed by atoms with Crippen molar-refractivity contribution in [2.24, 2.45) is 11.8 Å². The van der Waals surface area contributed by atoms with Crippen molar-refractivity contribution < 1.29 is 17.9 Å². The molecule has 2 saturated carbocycles. The zero-order valence-electron chi connectivity index (χ0n) is 14.7. The Morgan fingerprint density at radius 2 is 1.44 bits per heavy atom. The lowest BCUT2D eigenvalue weighted by Gasteiger charge is -2.36. The minimum atomic E-state index is -4.63. The Kier molecular flexibility index (Phi) is 6.26. The zero-order chi connectivity index (χ0) is 17.7. The first kappa shape index (κ1) is 18.6. The van der Waals surface area contributed by atoms with E-state index in [-0.39, 0.29) is 5.75 Å². The summed E-state index contributed by atoms with van der Waals surface area (Å²) in [6, 6.07) is 6.68. The number of rotatable bonds is 5. The van der Waals surface area contributed by atoms with Crippen LogP contribution in [0.4, 0.5) is 13.2 Å². The summed E-state index contributed by atoms with van der Waals surface area (Å²) in [5.41, 5.74) is 0.990. The van der Waals surface area contributed by atoms with Gasteiger partial charge in [0.05, 0.1) is 0 Å². The highest BCUT2D eigenvalue weighted by Crippen LogP contribution is 2.38. The number of nitrogens with one attached hydrogen (secondary N) is 1. The summed E-state index contributed by atoms with van der Waals surface area (Å²) in [6.07, 6.45) is 7.54. The Morgan fingerprint density at radius 3 is 2.04 bits per heavy atom. The third-order valence-corrected chi connectivity index (χ3v) is 5.84. The van der Waals surface area contributed by atoms with E-state index in [9.17, 15) is 13.2 Å². The highest BCUT2D eigenvalue weighted by molar-refractivity contribution is 5.27. The van der Waals surface area contributed by atoms with E-state index in [2.05, 4.69) is 10.1 Å². The molecule has 1 aromatic rings. The summed E-state index contributed by atoms with van der Waals surface area (Å²) in [5.74, 6) is 1.71. The van der Waals surface area contributed by atoms with Crippen LogP contribution >= 0.6 is 0 Å². The van der Waals surface area contributed by atoms with Gasteiger partial charge in [-0.3, -0.25) is 0 Å². The first-order valence-corrected chi connectivity index (χ1v) is 9.58. The van der Waals surface area contributed by atoms with Crippen molar-refractivity contribution in [3.05, 3.63) is 29.8 Å². The first-order chi connectivity index (χ1) is 12.0. The van der Waals surface area contributed by atoms with Crippen LogP contribution in [0.5, 0.6) is 5.75 Å². The summed E-state index contributed by atoms with van der Waals surface area (Å²) in [4.78, 5) is 0. The van der Waals surface area contributed by atoms with Gasteiger partial charge < -0.3 is 10.1 Å². The number of hydrogen-bond acceptors (Lipinski definition) is 2. The lowest BCUT2D eigenvalue weighted by molar-refractivity contribution is -0.274. The van der Waals surface area contributed by atoms with Gasteiger partial charge in [-0.25, -0.2) is 0 Å². The molecule has 25 heavy (non-hydrogen) atoms. The molecule has 0 saturated heterocycles. The number of halogens is 3. The SMILES string of the molecule is FC(F)(F)Oc1ccc(CNC2CCC(C3CCCCC3)CC2)cc1. The van der Waals surface area contributed by atoms with Crippen LogP contribution in [0.25, 0.3) is 0 Å². The summed E-state index contributed by atoms with van der Waals surface area (Å²) in [7, 11) is 0. The van der Waals surface area contributed by atoms with Gasteiger partial charge in [0.2, 0.25) is 0 Å². The molecule has 0 aromatic heterocycles. The van der Waals surface area contributed by atoms with Gasteiger partial charge >= 0.3 is 6.36 Å². The Bertz CT molecular complexity index is 515. The summed E-state index contributed by atoms with van der Waals surface area (Å²) >= 11 is 0. The van der Waals surface area contributed by atoms with Gasteiger partial charge in [-0.2, -0.15) is 0 Å². The van der Waals surface area contributed by atoms with Gasteiger partial charge in [0.1, 0.15) is 5.75 Å². The molecule has 2 nitrogen and oxygen atoms in total. The van der Waals surface area contributed by atoms with E-state index in [1.54, 1.807) is 12.1 Å². The second-order valence-electron chi connectivity index (χ2n) is 7.58. The Labute approximate surface area is 148 Å². The number of hydrogen-bond donors (Lipinski definition) is 1. The van der Waals surface area contributed by atoms with Crippen molar-refractivity contribution in [2.75, 3.05) is 0 Å². The largest absolute Gasteiger partial charge is 0.573 e. The van der Waals surface area contributed by atoms with Crippen molar-refractivity contribution >= 4 is 0 Å². The molecule has 0 amide bonds. The van der Waals surface area contributed by atoms with Crippen LogP contribution in [0.3, 0.4) is 0 Å². The molecular formula is C20H28F3NO. The second kappa shape index (κ2) is 8.43. The Hall–Kier alpha value is -1.23. The smallest absolute Gasteiger partial charge is 0.406 e. The molecule has 0 unspecified atom stereocenters. The fourth-order valence-electron chi connectivity index (χ4n) is 4.47. The molecule has 0 radical (unpaired) electrons. The van der Waals surface area contributed by atoms with Crippen LogP contribution < -0.4 is 10.1 Å². The van der Waals surface area contributed by atoms with Crippen molar-refractivity contribution in [2.45, 2.75) is 76.7 Å². The highest BCUT2D eigenvalue weighted by Gasteiger charge is 2.31. The van der Waals surface area contributed by atoms with Gasteiger partial charge in [0, 0.05) is 12.6 Å². The molecule has 0 atom stereocenters. The topological polar surface area (TPSA) is 21.3 Å². The van der Waals surface area contributed by atoms with Gasteiger partial charge in [-0.05, 0) is 55.2 Å². The number of benzene rings is 1. The minimum absolute atomic E-state index is 0.163. The van der Waals surface area contributed by atoms with Crippen LogP contribution in [0, 0.1) is 11.8 Å². The maximum atomic E-state index is 12.2. The van der Waals surface area contributed by atoms with Crippen molar-refractivity contribution in [3.8, 4) is 5.75 Å². The van der Waals surface area contributed by atoms with E-state index in [0.29, 0.717) is 12.6 Å². The Morgan fingerprint density at radius 1 is 0.840 bits per heavy atom. The van der Waals surface area contributed by atoms with Crippen molar-refractivity contribution in [1.82, 2.24) is 5.32 Å². The van der Waals surface area contributed by atoms with Crippen LogP contribution in [-0.2, 0) is 6.54 Å². The fraction of sp³-hybridized carbons (Fsp3) is 0.700. The molecule has 140 valence electrons. The average molecular weight is 355 g/mol. The number of ether oxygens (including phenoxy) is 1. The van der Waals surface area contributed by atoms with Crippen molar-refractivity contribution in [3.63, 3.8) is 0 Å². The van der Waals surface area contributed by atoms with E-state index < -0.39 is 6.36 Å². The van der Waals surface area contributed by atoms with E-state index >= 15 is 0 Å². The van der Waals surface area contributed by atoms with Crippen LogP contribution in [0.15, 0.2) is 24.3 Å². The molecule has 0 aliphatic heterocycles. The molecule has 2 fully saturated rings. The first-order valence-electron chi connectivity index (χ1n) is 9.58. The average Bonchev–Trinajstić information content (AvgIpc) is 2.61. The van der Waals surface area contributed by atoms with E-state index in [1.807, 2.05) is 0 Å². The summed E-state index contributed by atoms with van der Waals surface area (Å²) < 4.78 is 40.4. The van der Waals surface area contributed by atoms with Gasteiger partial charge in [-0.15, -0.1) is 13.2 Å². The van der Waals surface area contributed by atoms with E-state index in [4.69, 9.17) is 0 Å². The Balaban J connectivity index is 1.39. The quantitative estimate of drug-likeness (QED) is 0.719. The van der Waals surface area contributed by atoms with Gasteiger partial charge in [-0.1, -0.05) is 44.2 Å². The predicted molar refractivity (Wildman–Crippen MR) is 92.3 cm³/mol. The molecule has 1 aromatic carbocycles. The summed E-state index contributed by atoms with van der Waals surface area (Å²) in [6.45, 7) is 0.699. The highest BCUT2D eigenvalue weighted by atomic mass is 19.4. The standard InChI is InChI=1S/C20H28F3NO/c21-20(22,23)25-19-12-6-15(7-13-19)14-24-18-10-8-17(9-11-18)16-4-2-1-3-5-16/h6-7,12-13,16-18,24H,1-5,8-11,14H2. The molecule has 5 heteroatoms. The molecule has 0 heterocycles. The molecular weight excluding hydrogens is 327 g/mol. The third kappa shape index (κ3) is 5.91. The van der Waals surface area contributed by atoms with Crippen LogP contribution in [0.1, 0.15) is 63.4 Å². The third-order valence-electron chi connectivity index (χ3n) is 5.84. The maximum Gasteiger partial charge on any atom is 0.573 e. The molecule has 0 bridgehead atoms. The minimum Gasteiger partial charge on any atom is -0.406 e. The molecule has 2 aliphatic rings. The maximum absolute atomic E-state index is 12.2. The molecule has 2 aliphatic carbocycles. The van der Waals surface area contributed by atoms with E-state index in [1.165, 1.54) is 69.9 Å². The lowest BCUT2D eigenvalue weighted by Crippen LogP contribution is -2.34. The molecule has 0 spiro atoms. The fourth-order valence-corrected chi connectivity index (χ4v) is 4.47. The van der Waals surface area contributed by atoms with Gasteiger partial charge in [0.15, 0.2) is 0 Å². The molecule has 1 N–H and O–H groups in total. The van der Waals surface area contributed by atoms with Crippen LogP contribution in [0.2, 0.25) is 0 Å².